The minimum absolute atomic E-state index is 0.0169. The summed E-state index contributed by atoms with van der Waals surface area (Å²) >= 11 is 5.00. The van der Waals surface area contributed by atoms with Gasteiger partial charge in [0.2, 0.25) is 0 Å². The first kappa shape index (κ1) is 13.8. The monoisotopic (exact) mass is 351 g/mol. The molecular formula is C15H14BrNO2S. The SMILES string of the molecule is NC(C(=O)Cc1cc(Br)cc2c1OCC2)c1cccs1. The first-order valence-electron chi connectivity index (χ1n) is 6.41. The Hall–Kier alpha value is -1.17. The molecule has 2 N–H and O–H groups in total. The van der Waals surface area contributed by atoms with Crippen LogP contribution >= 0.6 is 27.3 Å². The zero-order chi connectivity index (χ0) is 14.1. The van der Waals surface area contributed by atoms with Gasteiger partial charge in [-0.3, -0.25) is 4.79 Å². The summed E-state index contributed by atoms with van der Waals surface area (Å²) in [6.07, 6.45) is 1.20. The highest BCUT2D eigenvalue weighted by Gasteiger charge is 2.22. The summed E-state index contributed by atoms with van der Waals surface area (Å²) in [6, 6.07) is 7.26. The van der Waals surface area contributed by atoms with Crippen molar-refractivity contribution in [1.29, 1.82) is 0 Å². The molecule has 0 bridgehead atoms. The van der Waals surface area contributed by atoms with Crippen molar-refractivity contribution in [3.05, 3.63) is 50.1 Å². The van der Waals surface area contributed by atoms with E-state index in [1.54, 1.807) is 0 Å². The Bertz CT molecular complexity index is 640. The second-order valence-corrected chi connectivity index (χ2v) is 6.68. The molecule has 3 nitrogen and oxygen atoms in total. The maximum absolute atomic E-state index is 12.3. The number of ether oxygens (including phenoxy) is 1. The van der Waals surface area contributed by atoms with Crippen molar-refractivity contribution >= 4 is 33.0 Å². The fourth-order valence-electron chi connectivity index (χ4n) is 2.40. The topological polar surface area (TPSA) is 52.3 Å². The number of carbonyl (C=O) groups excluding carboxylic acids is 1. The van der Waals surface area contributed by atoms with E-state index in [-0.39, 0.29) is 5.78 Å². The molecule has 2 heterocycles. The number of hydrogen-bond acceptors (Lipinski definition) is 4. The van der Waals surface area contributed by atoms with E-state index in [4.69, 9.17) is 10.5 Å². The molecule has 5 heteroatoms. The van der Waals surface area contributed by atoms with E-state index < -0.39 is 6.04 Å². The van der Waals surface area contributed by atoms with Gasteiger partial charge < -0.3 is 10.5 Å². The van der Waals surface area contributed by atoms with Gasteiger partial charge in [-0.1, -0.05) is 22.0 Å². The molecular weight excluding hydrogens is 338 g/mol. The van der Waals surface area contributed by atoms with E-state index >= 15 is 0 Å². The molecule has 0 spiro atoms. The van der Waals surface area contributed by atoms with E-state index in [0.717, 1.165) is 32.6 Å². The van der Waals surface area contributed by atoms with Crippen LogP contribution in [0.4, 0.5) is 0 Å². The molecule has 0 radical (unpaired) electrons. The van der Waals surface area contributed by atoms with Crippen LogP contribution < -0.4 is 10.5 Å². The van der Waals surface area contributed by atoms with E-state index in [0.29, 0.717) is 13.0 Å². The van der Waals surface area contributed by atoms with Crippen LogP contribution in [0.3, 0.4) is 0 Å². The largest absolute Gasteiger partial charge is 0.493 e. The predicted molar refractivity (Wildman–Crippen MR) is 83.3 cm³/mol. The fraction of sp³-hybridized carbons (Fsp3) is 0.267. The van der Waals surface area contributed by atoms with E-state index in [1.807, 2.05) is 23.6 Å². The van der Waals surface area contributed by atoms with Gasteiger partial charge in [0.25, 0.3) is 0 Å². The van der Waals surface area contributed by atoms with E-state index in [9.17, 15) is 4.79 Å². The number of rotatable bonds is 4. The minimum atomic E-state index is -0.550. The summed E-state index contributed by atoms with van der Waals surface area (Å²) in [7, 11) is 0. The van der Waals surface area contributed by atoms with Crippen LogP contribution in [0.5, 0.6) is 5.75 Å². The number of thiophene rings is 1. The molecule has 1 atom stereocenters. The number of ketones is 1. The molecule has 104 valence electrons. The Morgan fingerprint density at radius 2 is 2.35 bits per heavy atom. The number of benzene rings is 1. The molecule has 1 aromatic carbocycles. The third-order valence-electron chi connectivity index (χ3n) is 3.39. The number of Topliss-reactive ketones (excluding diaryl/α,β-unsaturated/α-hetero) is 1. The maximum Gasteiger partial charge on any atom is 0.159 e. The maximum atomic E-state index is 12.3. The number of carbonyl (C=O) groups is 1. The van der Waals surface area contributed by atoms with Gasteiger partial charge in [-0.2, -0.15) is 0 Å². The number of hydrogen-bond donors (Lipinski definition) is 1. The van der Waals surface area contributed by atoms with Crippen LogP contribution in [-0.2, 0) is 17.6 Å². The fourth-order valence-corrected chi connectivity index (χ4v) is 3.70. The highest BCUT2D eigenvalue weighted by atomic mass is 79.9. The van der Waals surface area contributed by atoms with Crippen molar-refractivity contribution in [2.24, 2.45) is 5.73 Å². The van der Waals surface area contributed by atoms with Crippen LogP contribution in [0, 0.1) is 0 Å². The molecule has 0 amide bonds. The molecule has 2 aromatic rings. The smallest absolute Gasteiger partial charge is 0.159 e. The molecule has 1 aliphatic heterocycles. The third-order valence-corrected chi connectivity index (χ3v) is 4.80. The molecule has 0 fully saturated rings. The summed E-state index contributed by atoms with van der Waals surface area (Å²) < 4.78 is 6.63. The second kappa shape index (κ2) is 5.68. The first-order valence-corrected chi connectivity index (χ1v) is 8.08. The lowest BCUT2D eigenvalue weighted by atomic mass is 10.00. The van der Waals surface area contributed by atoms with Crippen LogP contribution in [-0.4, -0.2) is 12.4 Å². The summed E-state index contributed by atoms with van der Waals surface area (Å²) in [4.78, 5) is 13.2. The van der Waals surface area contributed by atoms with Crippen LogP contribution in [0.1, 0.15) is 22.0 Å². The van der Waals surface area contributed by atoms with Crippen molar-refractivity contribution in [3.63, 3.8) is 0 Å². The minimum Gasteiger partial charge on any atom is -0.493 e. The molecule has 0 aliphatic carbocycles. The lowest BCUT2D eigenvalue weighted by Crippen LogP contribution is -2.22. The summed E-state index contributed by atoms with van der Waals surface area (Å²) in [6.45, 7) is 0.684. The molecule has 1 aliphatic rings. The van der Waals surface area contributed by atoms with Gasteiger partial charge in [0.15, 0.2) is 5.78 Å². The van der Waals surface area contributed by atoms with Gasteiger partial charge in [0, 0.05) is 27.8 Å². The van der Waals surface area contributed by atoms with Gasteiger partial charge in [-0.25, -0.2) is 0 Å². The third kappa shape index (κ3) is 2.66. The number of fused-ring (bicyclic) bond motifs is 1. The van der Waals surface area contributed by atoms with Gasteiger partial charge >= 0.3 is 0 Å². The normalized spacial score (nSPS) is 14.7. The standard InChI is InChI=1S/C15H14BrNO2S/c16-11-6-9-3-4-19-15(9)10(7-11)8-12(18)14(17)13-2-1-5-20-13/h1-2,5-7,14H,3-4,8,17H2. The highest BCUT2D eigenvalue weighted by Crippen LogP contribution is 2.34. The molecule has 20 heavy (non-hydrogen) atoms. The Balaban J connectivity index is 1.83. The summed E-state index contributed by atoms with van der Waals surface area (Å²) in [5.74, 6) is 0.878. The molecule has 1 aromatic heterocycles. The first-order chi connectivity index (χ1) is 9.65. The summed E-state index contributed by atoms with van der Waals surface area (Å²) in [5, 5.41) is 1.93. The lowest BCUT2D eigenvalue weighted by molar-refractivity contribution is -0.119. The van der Waals surface area contributed by atoms with Crippen LogP contribution in [0.15, 0.2) is 34.1 Å². The molecule has 0 saturated heterocycles. The zero-order valence-electron chi connectivity index (χ0n) is 10.8. The van der Waals surface area contributed by atoms with E-state index in [2.05, 4.69) is 22.0 Å². The predicted octanol–water partition coefficient (Wildman–Crippen LogP) is 3.26. The Morgan fingerprint density at radius 1 is 1.50 bits per heavy atom. The Morgan fingerprint density at radius 3 is 3.10 bits per heavy atom. The van der Waals surface area contributed by atoms with Crippen molar-refractivity contribution < 1.29 is 9.53 Å². The average molecular weight is 352 g/mol. The van der Waals surface area contributed by atoms with Gasteiger partial charge in [0.1, 0.15) is 5.75 Å². The van der Waals surface area contributed by atoms with Crippen molar-refractivity contribution in [3.8, 4) is 5.75 Å². The zero-order valence-corrected chi connectivity index (χ0v) is 13.2. The van der Waals surface area contributed by atoms with Gasteiger partial charge in [0.05, 0.1) is 12.6 Å². The van der Waals surface area contributed by atoms with E-state index in [1.165, 1.54) is 11.3 Å². The second-order valence-electron chi connectivity index (χ2n) is 4.79. The van der Waals surface area contributed by atoms with Crippen LogP contribution in [0.25, 0.3) is 0 Å². The molecule has 1 unspecified atom stereocenters. The number of halogens is 1. The highest BCUT2D eigenvalue weighted by molar-refractivity contribution is 9.10. The Kier molecular flexibility index (Phi) is 3.92. The quantitative estimate of drug-likeness (QED) is 0.919. The van der Waals surface area contributed by atoms with Crippen molar-refractivity contribution in [2.45, 2.75) is 18.9 Å². The van der Waals surface area contributed by atoms with Gasteiger partial charge in [-0.05, 0) is 29.1 Å². The Labute approximate surface area is 129 Å². The average Bonchev–Trinajstić information content (AvgIpc) is 3.08. The summed E-state index contributed by atoms with van der Waals surface area (Å²) in [5.41, 5.74) is 8.10. The lowest BCUT2D eigenvalue weighted by Gasteiger charge is -2.12. The molecule has 3 rings (SSSR count). The molecule has 0 saturated carbocycles. The van der Waals surface area contributed by atoms with Gasteiger partial charge in [-0.15, -0.1) is 11.3 Å². The van der Waals surface area contributed by atoms with Crippen molar-refractivity contribution in [2.75, 3.05) is 6.61 Å². The number of nitrogens with two attached hydrogens (primary N) is 1. The van der Waals surface area contributed by atoms with Crippen molar-refractivity contribution in [1.82, 2.24) is 0 Å². The van der Waals surface area contributed by atoms with Crippen LogP contribution in [0.2, 0.25) is 0 Å².